The van der Waals surface area contributed by atoms with E-state index in [9.17, 15) is 9.50 Å². The summed E-state index contributed by atoms with van der Waals surface area (Å²) in [6, 6.07) is 6.46. The van der Waals surface area contributed by atoms with Gasteiger partial charge in [0.05, 0.1) is 32.0 Å². The van der Waals surface area contributed by atoms with Crippen molar-refractivity contribution >= 4 is 0 Å². The molecule has 0 bridgehead atoms. The Morgan fingerprint density at radius 2 is 1.90 bits per heavy atom. The Hall–Kier alpha value is -1.01. The molecule has 0 spiro atoms. The first-order valence-electron chi connectivity index (χ1n) is 7.36. The van der Waals surface area contributed by atoms with Crippen molar-refractivity contribution in [3.63, 3.8) is 0 Å². The van der Waals surface area contributed by atoms with Crippen LogP contribution in [0.2, 0.25) is 0 Å². The van der Waals surface area contributed by atoms with Crippen LogP contribution in [0.1, 0.15) is 32.4 Å². The summed E-state index contributed by atoms with van der Waals surface area (Å²) in [5.41, 5.74) is 0.593. The van der Waals surface area contributed by atoms with Crippen LogP contribution in [0.4, 0.5) is 4.39 Å². The fraction of sp³-hybridized carbons (Fsp3) is 0.625. The highest BCUT2D eigenvalue weighted by Crippen LogP contribution is 2.15. The molecule has 1 aromatic rings. The van der Waals surface area contributed by atoms with E-state index in [1.165, 1.54) is 6.07 Å². The SMILES string of the molecule is CC(C)OCCOCC(O)CNC(C)c1ccccc1F. The molecule has 2 atom stereocenters. The highest BCUT2D eigenvalue weighted by Gasteiger charge is 2.12. The van der Waals surface area contributed by atoms with Gasteiger partial charge in [0, 0.05) is 18.2 Å². The number of aliphatic hydroxyl groups excluding tert-OH is 1. The first kappa shape index (κ1) is 18.0. The molecule has 5 heteroatoms. The van der Waals surface area contributed by atoms with E-state index in [0.29, 0.717) is 25.3 Å². The molecule has 0 aliphatic heterocycles. The minimum Gasteiger partial charge on any atom is -0.389 e. The molecular formula is C16H26FNO3. The number of rotatable bonds is 10. The van der Waals surface area contributed by atoms with Gasteiger partial charge >= 0.3 is 0 Å². The van der Waals surface area contributed by atoms with Crippen LogP contribution in [0.3, 0.4) is 0 Å². The van der Waals surface area contributed by atoms with Gasteiger partial charge in [0.15, 0.2) is 0 Å². The van der Waals surface area contributed by atoms with Crippen LogP contribution in [-0.2, 0) is 9.47 Å². The van der Waals surface area contributed by atoms with Crippen molar-refractivity contribution < 1.29 is 19.0 Å². The monoisotopic (exact) mass is 299 g/mol. The fourth-order valence-corrected chi connectivity index (χ4v) is 1.87. The summed E-state index contributed by atoms with van der Waals surface area (Å²) in [5.74, 6) is -0.242. The molecular weight excluding hydrogens is 273 g/mol. The zero-order valence-corrected chi connectivity index (χ0v) is 13.0. The van der Waals surface area contributed by atoms with E-state index >= 15 is 0 Å². The van der Waals surface area contributed by atoms with Crippen LogP contribution in [0.5, 0.6) is 0 Å². The maximum atomic E-state index is 13.6. The van der Waals surface area contributed by atoms with Gasteiger partial charge in [0.25, 0.3) is 0 Å². The molecule has 0 saturated carbocycles. The van der Waals surface area contributed by atoms with E-state index in [2.05, 4.69) is 5.32 Å². The van der Waals surface area contributed by atoms with Crippen LogP contribution in [-0.4, -0.2) is 43.7 Å². The lowest BCUT2D eigenvalue weighted by molar-refractivity contribution is -0.0104. The lowest BCUT2D eigenvalue weighted by Crippen LogP contribution is -2.32. The van der Waals surface area contributed by atoms with E-state index in [1.54, 1.807) is 18.2 Å². The van der Waals surface area contributed by atoms with Crippen LogP contribution in [0, 0.1) is 5.82 Å². The summed E-state index contributed by atoms with van der Waals surface area (Å²) in [5, 5.41) is 12.9. The van der Waals surface area contributed by atoms with E-state index in [0.717, 1.165) is 0 Å². The fourth-order valence-electron chi connectivity index (χ4n) is 1.87. The van der Waals surface area contributed by atoms with E-state index in [-0.39, 0.29) is 24.6 Å². The Balaban J connectivity index is 2.18. The third-order valence-electron chi connectivity index (χ3n) is 3.02. The zero-order valence-electron chi connectivity index (χ0n) is 13.0. The second-order valence-corrected chi connectivity index (χ2v) is 5.30. The summed E-state index contributed by atoms with van der Waals surface area (Å²) in [4.78, 5) is 0. The van der Waals surface area contributed by atoms with Crippen LogP contribution in [0.25, 0.3) is 0 Å². The lowest BCUT2D eigenvalue weighted by Gasteiger charge is -2.18. The second kappa shape index (κ2) is 9.84. The van der Waals surface area contributed by atoms with E-state index in [4.69, 9.17) is 9.47 Å². The summed E-state index contributed by atoms with van der Waals surface area (Å²) in [6.07, 6.45) is -0.444. The molecule has 0 aromatic heterocycles. The average Bonchev–Trinajstić information content (AvgIpc) is 2.44. The molecule has 1 rings (SSSR count). The van der Waals surface area contributed by atoms with Gasteiger partial charge in [-0.2, -0.15) is 0 Å². The predicted octanol–water partition coefficient (Wildman–Crippen LogP) is 2.28. The topological polar surface area (TPSA) is 50.7 Å². The molecule has 4 nitrogen and oxygen atoms in total. The molecule has 2 unspecified atom stereocenters. The largest absolute Gasteiger partial charge is 0.389 e. The lowest BCUT2D eigenvalue weighted by atomic mass is 10.1. The normalized spacial score (nSPS) is 14.4. The van der Waals surface area contributed by atoms with Gasteiger partial charge in [0.1, 0.15) is 5.82 Å². The molecule has 0 fully saturated rings. The summed E-state index contributed by atoms with van der Waals surface area (Å²) in [7, 11) is 0. The van der Waals surface area contributed by atoms with Crippen molar-refractivity contribution in [3.05, 3.63) is 35.6 Å². The van der Waals surface area contributed by atoms with Crippen LogP contribution < -0.4 is 5.32 Å². The Kier molecular flexibility index (Phi) is 8.45. The first-order valence-corrected chi connectivity index (χ1v) is 7.36. The number of nitrogens with one attached hydrogen (secondary N) is 1. The zero-order chi connectivity index (χ0) is 15.7. The number of hydrogen-bond donors (Lipinski definition) is 2. The van der Waals surface area contributed by atoms with Crippen LogP contribution >= 0.6 is 0 Å². The first-order chi connectivity index (χ1) is 10.0. The van der Waals surface area contributed by atoms with Gasteiger partial charge in [-0.05, 0) is 26.8 Å². The quantitative estimate of drug-likeness (QED) is 0.651. The molecule has 0 amide bonds. The molecule has 120 valence electrons. The minimum absolute atomic E-state index is 0.162. The molecule has 0 heterocycles. The molecule has 1 aromatic carbocycles. The van der Waals surface area contributed by atoms with Gasteiger partial charge in [0.2, 0.25) is 0 Å². The van der Waals surface area contributed by atoms with E-state index in [1.807, 2.05) is 20.8 Å². The van der Waals surface area contributed by atoms with Crippen molar-refractivity contribution in [3.8, 4) is 0 Å². The number of aliphatic hydroxyl groups is 1. The van der Waals surface area contributed by atoms with Crippen LogP contribution in [0.15, 0.2) is 24.3 Å². The summed E-state index contributed by atoms with van der Waals surface area (Å²) in [6.45, 7) is 7.34. The van der Waals surface area contributed by atoms with Crippen molar-refractivity contribution in [2.24, 2.45) is 0 Å². The molecule has 21 heavy (non-hydrogen) atoms. The molecule has 0 aliphatic carbocycles. The van der Waals surface area contributed by atoms with Gasteiger partial charge in [-0.15, -0.1) is 0 Å². The smallest absolute Gasteiger partial charge is 0.127 e. The number of hydrogen-bond acceptors (Lipinski definition) is 4. The third kappa shape index (κ3) is 7.52. The van der Waals surface area contributed by atoms with Crippen molar-refractivity contribution in [2.75, 3.05) is 26.4 Å². The Bertz CT molecular complexity index is 401. The number of ether oxygens (including phenoxy) is 2. The van der Waals surface area contributed by atoms with Gasteiger partial charge in [-0.25, -0.2) is 4.39 Å². The Morgan fingerprint density at radius 1 is 1.19 bits per heavy atom. The maximum Gasteiger partial charge on any atom is 0.127 e. The molecule has 2 N–H and O–H groups in total. The summed E-state index contributed by atoms with van der Waals surface area (Å²) < 4.78 is 24.2. The third-order valence-corrected chi connectivity index (χ3v) is 3.02. The van der Waals surface area contributed by atoms with Gasteiger partial charge < -0.3 is 19.9 Å². The van der Waals surface area contributed by atoms with Crippen molar-refractivity contribution in [1.29, 1.82) is 0 Å². The standard InChI is InChI=1S/C16H26FNO3/c1-12(2)21-9-8-20-11-14(19)10-18-13(3)15-6-4-5-7-16(15)17/h4-7,12-14,18-19H,8-11H2,1-3H3. The van der Waals surface area contributed by atoms with Crippen molar-refractivity contribution in [2.45, 2.75) is 39.0 Å². The van der Waals surface area contributed by atoms with Crippen molar-refractivity contribution in [1.82, 2.24) is 5.32 Å². The molecule has 0 aliphatic rings. The van der Waals surface area contributed by atoms with Gasteiger partial charge in [-0.3, -0.25) is 0 Å². The maximum absolute atomic E-state index is 13.6. The number of halogens is 1. The van der Waals surface area contributed by atoms with E-state index < -0.39 is 6.10 Å². The predicted molar refractivity (Wildman–Crippen MR) is 80.7 cm³/mol. The number of benzene rings is 1. The highest BCUT2D eigenvalue weighted by atomic mass is 19.1. The second-order valence-electron chi connectivity index (χ2n) is 5.30. The van der Waals surface area contributed by atoms with Gasteiger partial charge in [-0.1, -0.05) is 18.2 Å². The highest BCUT2D eigenvalue weighted by molar-refractivity contribution is 5.20. The Morgan fingerprint density at radius 3 is 2.57 bits per heavy atom. The minimum atomic E-state index is -0.627. The molecule has 0 saturated heterocycles. The molecule has 0 radical (unpaired) electrons. The Labute approximate surface area is 126 Å². The summed E-state index contributed by atoms with van der Waals surface area (Å²) >= 11 is 0. The average molecular weight is 299 g/mol.